The molecule has 84 valence electrons. The van der Waals surface area contributed by atoms with Gasteiger partial charge in [0.1, 0.15) is 0 Å². The lowest BCUT2D eigenvalue weighted by atomic mass is 9.77. The van der Waals surface area contributed by atoms with Crippen LogP contribution in [0.15, 0.2) is 0 Å². The third-order valence-electron chi connectivity index (χ3n) is 3.17. The SMILES string of the molecule is CCOC1(CC(C)C)CCC(N)CC1. The summed E-state index contributed by atoms with van der Waals surface area (Å²) in [5, 5.41) is 0. The van der Waals surface area contributed by atoms with Gasteiger partial charge in [0.15, 0.2) is 0 Å². The molecule has 0 radical (unpaired) electrons. The standard InChI is InChI=1S/C12H25NO/c1-4-14-12(9-10(2)3)7-5-11(13)6-8-12/h10-11H,4-9,13H2,1-3H3. The van der Waals surface area contributed by atoms with E-state index in [-0.39, 0.29) is 5.60 Å². The molecular weight excluding hydrogens is 174 g/mol. The van der Waals surface area contributed by atoms with Crippen molar-refractivity contribution in [3.8, 4) is 0 Å². The number of hydrogen-bond donors (Lipinski definition) is 1. The second-order valence-electron chi connectivity index (χ2n) is 5.05. The molecule has 0 amide bonds. The molecule has 0 aromatic heterocycles. The molecule has 0 saturated heterocycles. The summed E-state index contributed by atoms with van der Waals surface area (Å²) < 4.78 is 5.97. The summed E-state index contributed by atoms with van der Waals surface area (Å²) >= 11 is 0. The molecular formula is C12H25NO. The van der Waals surface area contributed by atoms with E-state index in [1.165, 1.54) is 6.42 Å². The summed E-state index contributed by atoms with van der Waals surface area (Å²) in [5.74, 6) is 0.718. The first-order valence-corrected chi connectivity index (χ1v) is 5.97. The molecule has 0 atom stereocenters. The van der Waals surface area contributed by atoms with Gasteiger partial charge in [-0.3, -0.25) is 0 Å². The van der Waals surface area contributed by atoms with Gasteiger partial charge < -0.3 is 10.5 Å². The van der Waals surface area contributed by atoms with Gasteiger partial charge in [-0.05, 0) is 44.9 Å². The maximum absolute atomic E-state index is 5.97. The highest BCUT2D eigenvalue weighted by Crippen LogP contribution is 2.36. The Bertz CT molecular complexity index is 160. The van der Waals surface area contributed by atoms with E-state index < -0.39 is 0 Å². The van der Waals surface area contributed by atoms with Gasteiger partial charge in [0, 0.05) is 12.6 Å². The van der Waals surface area contributed by atoms with Gasteiger partial charge in [0.05, 0.1) is 5.60 Å². The number of hydrogen-bond acceptors (Lipinski definition) is 2. The summed E-state index contributed by atoms with van der Waals surface area (Å²) in [7, 11) is 0. The third kappa shape index (κ3) is 3.25. The molecule has 0 aromatic rings. The lowest BCUT2D eigenvalue weighted by molar-refractivity contribution is -0.0798. The minimum atomic E-state index is 0.152. The van der Waals surface area contributed by atoms with Crippen LogP contribution in [0.1, 0.15) is 52.9 Å². The van der Waals surface area contributed by atoms with E-state index in [0.717, 1.165) is 38.2 Å². The molecule has 2 heteroatoms. The number of rotatable bonds is 4. The maximum atomic E-state index is 5.97. The fraction of sp³-hybridized carbons (Fsp3) is 1.00. The second kappa shape index (κ2) is 5.13. The molecule has 0 spiro atoms. The van der Waals surface area contributed by atoms with E-state index in [2.05, 4.69) is 20.8 Å². The van der Waals surface area contributed by atoms with Gasteiger partial charge in [0.25, 0.3) is 0 Å². The van der Waals surface area contributed by atoms with E-state index in [4.69, 9.17) is 10.5 Å². The van der Waals surface area contributed by atoms with Gasteiger partial charge in [0.2, 0.25) is 0 Å². The molecule has 0 unspecified atom stereocenters. The summed E-state index contributed by atoms with van der Waals surface area (Å²) in [5.41, 5.74) is 6.08. The number of ether oxygens (including phenoxy) is 1. The molecule has 1 rings (SSSR count). The summed E-state index contributed by atoms with van der Waals surface area (Å²) in [4.78, 5) is 0. The zero-order chi connectivity index (χ0) is 10.6. The van der Waals surface area contributed by atoms with Crippen LogP contribution < -0.4 is 5.73 Å². The van der Waals surface area contributed by atoms with Crippen molar-refractivity contribution in [1.29, 1.82) is 0 Å². The van der Waals surface area contributed by atoms with E-state index in [1.54, 1.807) is 0 Å². The molecule has 14 heavy (non-hydrogen) atoms. The van der Waals surface area contributed by atoms with Crippen LogP contribution in [0.4, 0.5) is 0 Å². The van der Waals surface area contributed by atoms with Gasteiger partial charge in [-0.2, -0.15) is 0 Å². The topological polar surface area (TPSA) is 35.2 Å². The molecule has 2 nitrogen and oxygen atoms in total. The average molecular weight is 199 g/mol. The quantitative estimate of drug-likeness (QED) is 0.755. The Morgan fingerprint density at radius 3 is 2.36 bits per heavy atom. The average Bonchev–Trinajstić information content (AvgIpc) is 2.10. The molecule has 0 aromatic carbocycles. The van der Waals surface area contributed by atoms with Crippen LogP contribution in [0.3, 0.4) is 0 Å². The van der Waals surface area contributed by atoms with Crippen molar-refractivity contribution in [2.75, 3.05) is 6.61 Å². The molecule has 1 fully saturated rings. The predicted octanol–water partition coefficient (Wildman–Crippen LogP) is 2.71. The lowest BCUT2D eigenvalue weighted by Crippen LogP contribution is -2.42. The van der Waals surface area contributed by atoms with Crippen molar-refractivity contribution in [2.45, 2.75) is 64.5 Å². The zero-order valence-corrected chi connectivity index (χ0v) is 9.88. The summed E-state index contributed by atoms with van der Waals surface area (Å²) in [6.45, 7) is 7.48. The monoisotopic (exact) mass is 199 g/mol. The smallest absolute Gasteiger partial charge is 0.0686 e. The van der Waals surface area contributed by atoms with Crippen molar-refractivity contribution in [3.05, 3.63) is 0 Å². The Kier molecular flexibility index (Phi) is 4.39. The Hall–Kier alpha value is -0.0800. The van der Waals surface area contributed by atoms with E-state index in [9.17, 15) is 0 Å². The van der Waals surface area contributed by atoms with E-state index in [1.807, 2.05) is 0 Å². The first kappa shape index (κ1) is 12.0. The predicted molar refractivity (Wildman–Crippen MR) is 60.3 cm³/mol. The molecule has 1 saturated carbocycles. The summed E-state index contributed by atoms with van der Waals surface area (Å²) in [6.07, 6.45) is 5.76. The van der Waals surface area contributed by atoms with Crippen LogP contribution >= 0.6 is 0 Å². The minimum Gasteiger partial charge on any atom is -0.375 e. The zero-order valence-electron chi connectivity index (χ0n) is 9.88. The van der Waals surface area contributed by atoms with Crippen molar-refractivity contribution >= 4 is 0 Å². The van der Waals surface area contributed by atoms with Gasteiger partial charge in [-0.25, -0.2) is 0 Å². The fourth-order valence-corrected chi connectivity index (χ4v) is 2.62. The fourth-order valence-electron chi connectivity index (χ4n) is 2.62. The van der Waals surface area contributed by atoms with Crippen LogP contribution in [0, 0.1) is 5.92 Å². The van der Waals surface area contributed by atoms with Crippen molar-refractivity contribution in [3.63, 3.8) is 0 Å². The van der Waals surface area contributed by atoms with Crippen LogP contribution in [0.25, 0.3) is 0 Å². The van der Waals surface area contributed by atoms with Crippen LogP contribution in [-0.2, 0) is 4.74 Å². The third-order valence-corrected chi connectivity index (χ3v) is 3.17. The second-order valence-corrected chi connectivity index (χ2v) is 5.05. The first-order chi connectivity index (χ1) is 6.58. The van der Waals surface area contributed by atoms with Crippen LogP contribution in [0.2, 0.25) is 0 Å². The normalized spacial score (nSPS) is 33.6. The lowest BCUT2D eigenvalue weighted by Gasteiger charge is -2.40. The molecule has 2 N–H and O–H groups in total. The number of nitrogens with two attached hydrogens (primary N) is 1. The molecule has 1 aliphatic rings. The van der Waals surface area contributed by atoms with E-state index >= 15 is 0 Å². The van der Waals surface area contributed by atoms with Crippen molar-refractivity contribution in [2.24, 2.45) is 11.7 Å². The van der Waals surface area contributed by atoms with Gasteiger partial charge >= 0.3 is 0 Å². The molecule has 0 heterocycles. The van der Waals surface area contributed by atoms with Gasteiger partial charge in [-0.15, -0.1) is 0 Å². The molecule has 1 aliphatic carbocycles. The summed E-state index contributed by atoms with van der Waals surface area (Å²) in [6, 6.07) is 0.413. The maximum Gasteiger partial charge on any atom is 0.0686 e. The first-order valence-electron chi connectivity index (χ1n) is 5.97. The molecule has 0 aliphatic heterocycles. The van der Waals surface area contributed by atoms with Crippen LogP contribution in [0.5, 0.6) is 0 Å². The Morgan fingerprint density at radius 1 is 1.36 bits per heavy atom. The van der Waals surface area contributed by atoms with Gasteiger partial charge in [-0.1, -0.05) is 13.8 Å². The Labute approximate surface area is 88.2 Å². The van der Waals surface area contributed by atoms with E-state index in [0.29, 0.717) is 6.04 Å². The largest absolute Gasteiger partial charge is 0.375 e. The Balaban J connectivity index is 2.53. The van der Waals surface area contributed by atoms with Crippen molar-refractivity contribution < 1.29 is 4.74 Å². The van der Waals surface area contributed by atoms with Crippen LogP contribution in [-0.4, -0.2) is 18.2 Å². The molecule has 0 bridgehead atoms. The highest BCUT2D eigenvalue weighted by molar-refractivity contribution is 4.89. The highest BCUT2D eigenvalue weighted by atomic mass is 16.5. The van der Waals surface area contributed by atoms with Crippen molar-refractivity contribution in [1.82, 2.24) is 0 Å². The highest BCUT2D eigenvalue weighted by Gasteiger charge is 2.35. The Morgan fingerprint density at radius 2 is 1.93 bits per heavy atom. The minimum absolute atomic E-state index is 0.152.